The lowest BCUT2D eigenvalue weighted by Crippen LogP contribution is -2.42. The molecule has 2 fully saturated rings. The molecule has 0 saturated carbocycles. The number of amides is 1. The molecule has 1 amide bonds. The maximum absolute atomic E-state index is 14.0. The highest BCUT2D eigenvalue weighted by Crippen LogP contribution is 2.45. The van der Waals surface area contributed by atoms with E-state index in [2.05, 4.69) is 15.5 Å². The molecular weight excluding hydrogens is 557 g/mol. The quantitative estimate of drug-likeness (QED) is 0.340. The van der Waals surface area contributed by atoms with Gasteiger partial charge in [0.2, 0.25) is 5.91 Å². The Morgan fingerprint density at radius 2 is 1.78 bits per heavy atom. The molecule has 0 bridgehead atoms. The Morgan fingerprint density at radius 3 is 2.37 bits per heavy atom. The summed E-state index contributed by atoms with van der Waals surface area (Å²) in [5, 5.41) is 9.99. The number of aromatic nitrogens is 2. The van der Waals surface area contributed by atoms with E-state index in [0.717, 1.165) is 5.56 Å². The van der Waals surface area contributed by atoms with E-state index in [9.17, 15) is 35.5 Å². The van der Waals surface area contributed by atoms with Gasteiger partial charge in [-0.3, -0.25) is 9.89 Å². The van der Waals surface area contributed by atoms with Crippen LogP contribution in [0.4, 0.5) is 30.7 Å². The second-order valence-corrected chi connectivity index (χ2v) is 10.5. The molecular formula is C28H27F7N4O2. The number of hydrogen-bond acceptors (Lipinski definition) is 4. The number of carbonyl (C=O) groups excluding carboxylic acids is 1. The van der Waals surface area contributed by atoms with Crippen molar-refractivity contribution in [3.05, 3.63) is 88.0 Å². The summed E-state index contributed by atoms with van der Waals surface area (Å²) in [6.07, 6.45) is -8.44. The Hall–Kier alpha value is -3.45. The molecule has 5 atom stereocenters. The smallest absolute Gasteiger partial charge is 0.368 e. The van der Waals surface area contributed by atoms with Crippen LogP contribution in [0.15, 0.2) is 48.8 Å². The highest BCUT2D eigenvalue weighted by Gasteiger charge is 2.54. The first-order chi connectivity index (χ1) is 19.2. The van der Waals surface area contributed by atoms with Crippen LogP contribution < -0.4 is 5.32 Å². The number of rotatable bonds is 7. The van der Waals surface area contributed by atoms with Gasteiger partial charge in [-0.15, -0.1) is 0 Å². The van der Waals surface area contributed by atoms with Crippen molar-refractivity contribution in [3.63, 3.8) is 0 Å². The molecule has 2 N–H and O–H groups in total. The average Bonchev–Trinajstić information content (AvgIpc) is 3.60. The summed E-state index contributed by atoms with van der Waals surface area (Å²) in [5.41, 5.74) is -1.04. The number of carbonyl (C=O) groups is 1. The number of benzene rings is 2. The molecule has 220 valence electrons. The third-order valence-corrected chi connectivity index (χ3v) is 7.80. The van der Waals surface area contributed by atoms with Gasteiger partial charge in [-0.1, -0.05) is 6.07 Å². The number of nitrogens with one attached hydrogen (secondary N) is 2. The topological polar surface area (TPSA) is 70.2 Å². The number of H-pyrrole nitrogens is 1. The van der Waals surface area contributed by atoms with Crippen LogP contribution in [0.5, 0.6) is 0 Å². The first-order valence-corrected chi connectivity index (χ1v) is 12.9. The molecule has 5 rings (SSSR count). The molecule has 13 heteroatoms. The minimum Gasteiger partial charge on any atom is -0.368 e. The molecule has 2 aliphatic rings. The van der Waals surface area contributed by atoms with E-state index < -0.39 is 53.5 Å². The summed E-state index contributed by atoms with van der Waals surface area (Å²) in [4.78, 5) is 14.7. The summed E-state index contributed by atoms with van der Waals surface area (Å²) in [7, 11) is 0. The third-order valence-electron chi connectivity index (χ3n) is 7.80. The summed E-state index contributed by atoms with van der Waals surface area (Å²) in [6, 6.07) is 4.78. The lowest BCUT2D eigenvalue weighted by atomic mass is 9.84. The maximum Gasteiger partial charge on any atom is 0.416 e. The normalized spacial score (nSPS) is 23.7. The van der Waals surface area contributed by atoms with Crippen LogP contribution in [-0.2, 0) is 28.4 Å². The highest BCUT2D eigenvalue weighted by atomic mass is 19.4. The fourth-order valence-corrected chi connectivity index (χ4v) is 5.90. The third kappa shape index (κ3) is 5.96. The van der Waals surface area contributed by atoms with Gasteiger partial charge in [-0.05, 0) is 60.9 Å². The monoisotopic (exact) mass is 584 g/mol. The zero-order valence-electron chi connectivity index (χ0n) is 22.0. The van der Waals surface area contributed by atoms with Gasteiger partial charge in [0.15, 0.2) is 0 Å². The minimum atomic E-state index is -5.00. The molecule has 0 spiro atoms. The molecule has 0 radical (unpaired) electrons. The number of nitrogens with zero attached hydrogens (tertiary/aromatic N) is 2. The van der Waals surface area contributed by atoms with Crippen LogP contribution >= 0.6 is 0 Å². The Bertz CT molecular complexity index is 1380. The van der Waals surface area contributed by atoms with Gasteiger partial charge in [-0.25, -0.2) is 4.39 Å². The van der Waals surface area contributed by atoms with Gasteiger partial charge in [-0.2, -0.15) is 31.4 Å². The fourth-order valence-electron chi connectivity index (χ4n) is 5.90. The van der Waals surface area contributed by atoms with E-state index in [1.165, 1.54) is 19.1 Å². The van der Waals surface area contributed by atoms with E-state index in [0.29, 0.717) is 29.8 Å². The van der Waals surface area contributed by atoms with Crippen molar-refractivity contribution in [1.29, 1.82) is 0 Å². The molecule has 3 aromatic rings. The van der Waals surface area contributed by atoms with Crippen molar-refractivity contribution < 1.29 is 40.3 Å². The van der Waals surface area contributed by atoms with E-state index in [-0.39, 0.29) is 36.5 Å². The average molecular weight is 585 g/mol. The van der Waals surface area contributed by atoms with Crippen LogP contribution in [0.25, 0.3) is 0 Å². The first kappa shape index (κ1) is 29.1. The van der Waals surface area contributed by atoms with Gasteiger partial charge in [0.1, 0.15) is 5.82 Å². The van der Waals surface area contributed by atoms with Gasteiger partial charge in [0.05, 0.1) is 35.6 Å². The van der Waals surface area contributed by atoms with Crippen LogP contribution in [-0.4, -0.2) is 45.7 Å². The van der Waals surface area contributed by atoms with Crippen molar-refractivity contribution >= 4 is 5.91 Å². The van der Waals surface area contributed by atoms with Crippen molar-refractivity contribution in [2.45, 2.75) is 69.4 Å². The van der Waals surface area contributed by atoms with E-state index >= 15 is 0 Å². The number of fused-ring (bicyclic) bond motifs is 1. The van der Waals surface area contributed by atoms with Gasteiger partial charge in [0.25, 0.3) is 0 Å². The number of aryl methyl sites for hydroxylation is 1. The predicted octanol–water partition coefficient (Wildman–Crippen LogP) is 5.90. The second-order valence-electron chi connectivity index (χ2n) is 10.5. The molecule has 2 aliphatic heterocycles. The van der Waals surface area contributed by atoms with E-state index in [1.54, 1.807) is 30.3 Å². The molecule has 2 aromatic carbocycles. The number of ether oxygens (including phenoxy) is 1. The Labute approximate surface area is 230 Å². The second kappa shape index (κ2) is 10.8. The van der Waals surface area contributed by atoms with Crippen LogP contribution in [0, 0.1) is 12.7 Å². The van der Waals surface area contributed by atoms with E-state index in [4.69, 9.17) is 4.74 Å². The number of halogens is 7. The first-order valence-electron chi connectivity index (χ1n) is 12.9. The summed E-state index contributed by atoms with van der Waals surface area (Å²) in [6.45, 7) is 3.56. The zero-order chi connectivity index (χ0) is 29.7. The lowest BCUT2D eigenvalue weighted by Gasteiger charge is -2.31. The van der Waals surface area contributed by atoms with Crippen molar-refractivity contribution in [3.8, 4) is 0 Å². The maximum atomic E-state index is 14.0. The largest absolute Gasteiger partial charge is 0.416 e. The van der Waals surface area contributed by atoms with Gasteiger partial charge >= 0.3 is 12.4 Å². The van der Waals surface area contributed by atoms with Crippen LogP contribution in [0.3, 0.4) is 0 Å². The van der Waals surface area contributed by atoms with Gasteiger partial charge < -0.3 is 15.0 Å². The van der Waals surface area contributed by atoms with Crippen LogP contribution in [0.1, 0.15) is 58.7 Å². The van der Waals surface area contributed by atoms with Crippen molar-refractivity contribution in [2.24, 2.45) is 0 Å². The fraction of sp³-hybridized carbons (Fsp3) is 0.429. The Kier molecular flexibility index (Phi) is 7.62. The molecule has 3 heterocycles. The molecule has 0 aliphatic carbocycles. The molecule has 2 saturated heterocycles. The Morgan fingerprint density at radius 1 is 1.10 bits per heavy atom. The standard InChI is InChI=1S/C28H27F7N4O2/c1-14-5-20(29)3-4-21(14)25-23(13-39-24(40)9-22(26(25)39)36-10-16-11-37-38-12-16)41-15(2)17-6-18(27(30,31)32)8-19(7-17)28(33,34)35/h3-8,11-12,15,22-23,25-26,36H,9-10,13H2,1-2H3,(H,37,38)/t15-,22?,23+,25-,26?/m1/s1. The van der Waals surface area contributed by atoms with E-state index in [1.807, 2.05) is 0 Å². The summed E-state index contributed by atoms with van der Waals surface area (Å²) >= 11 is 0. The Balaban J connectivity index is 1.48. The zero-order valence-corrected chi connectivity index (χ0v) is 22.0. The number of hydrogen-bond donors (Lipinski definition) is 2. The predicted molar refractivity (Wildman–Crippen MR) is 133 cm³/mol. The molecule has 6 nitrogen and oxygen atoms in total. The van der Waals surface area contributed by atoms with Crippen molar-refractivity contribution in [1.82, 2.24) is 20.4 Å². The lowest BCUT2D eigenvalue weighted by molar-refractivity contribution is -0.143. The minimum absolute atomic E-state index is 0.0709. The molecule has 41 heavy (non-hydrogen) atoms. The number of alkyl halides is 6. The molecule has 1 aromatic heterocycles. The summed E-state index contributed by atoms with van der Waals surface area (Å²) in [5.74, 6) is -1.16. The van der Waals surface area contributed by atoms with Crippen LogP contribution in [0.2, 0.25) is 0 Å². The highest BCUT2D eigenvalue weighted by molar-refractivity contribution is 5.81. The SMILES string of the molecule is Cc1cc(F)ccc1[C@H]1C2C(NCc3cn[nH]c3)CC(=O)N2C[C@@H]1O[C@H](C)c1cc(C(F)(F)F)cc(C(F)(F)F)c1. The summed E-state index contributed by atoms with van der Waals surface area (Å²) < 4.78 is 101. The van der Waals surface area contributed by atoms with Crippen molar-refractivity contribution in [2.75, 3.05) is 6.54 Å². The number of aromatic amines is 1. The van der Waals surface area contributed by atoms with Gasteiger partial charge in [0, 0.05) is 43.2 Å². The molecule has 2 unspecified atom stereocenters.